The summed E-state index contributed by atoms with van der Waals surface area (Å²) in [4.78, 5) is 14.0. The first-order valence-corrected chi connectivity index (χ1v) is 6.20. The highest BCUT2D eigenvalue weighted by Crippen LogP contribution is 2.17. The second-order valence-corrected chi connectivity index (χ2v) is 4.66. The van der Waals surface area contributed by atoms with Gasteiger partial charge in [-0.25, -0.2) is 0 Å². The van der Waals surface area contributed by atoms with Gasteiger partial charge in [0.05, 0.1) is 0 Å². The average molecular weight is 212 g/mol. The summed E-state index contributed by atoms with van der Waals surface area (Å²) in [6, 6.07) is 0.442. The molecule has 0 aliphatic carbocycles. The Labute approximate surface area is 93.0 Å². The van der Waals surface area contributed by atoms with Crippen LogP contribution in [0.1, 0.15) is 52.4 Å². The molecule has 1 heterocycles. The Bertz CT molecular complexity index is 206. The van der Waals surface area contributed by atoms with Crippen molar-refractivity contribution >= 4 is 5.91 Å². The lowest BCUT2D eigenvalue weighted by Crippen LogP contribution is -2.41. The lowest BCUT2D eigenvalue weighted by molar-refractivity contribution is -0.133. The lowest BCUT2D eigenvalue weighted by Gasteiger charge is -2.28. The van der Waals surface area contributed by atoms with Crippen molar-refractivity contribution < 1.29 is 4.79 Å². The molecule has 0 spiro atoms. The predicted molar refractivity (Wildman–Crippen MR) is 62.5 cm³/mol. The van der Waals surface area contributed by atoms with Crippen LogP contribution >= 0.6 is 0 Å². The van der Waals surface area contributed by atoms with E-state index in [0.29, 0.717) is 12.5 Å². The third-order valence-corrected chi connectivity index (χ3v) is 3.33. The van der Waals surface area contributed by atoms with E-state index in [0.717, 1.165) is 25.8 Å². The van der Waals surface area contributed by atoms with Crippen molar-refractivity contribution in [3.8, 4) is 0 Å². The molecule has 15 heavy (non-hydrogen) atoms. The number of carbonyl (C=O) groups excluding carboxylic acids is 1. The molecule has 0 saturated carbocycles. The number of nitrogens with two attached hydrogens (primary N) is 1. The van der Waals surface area contributed by atoms with Gasteiger partial charge in [0.2, 0.25) is 5.91 Å². The maximum Gasteiger partial charge on any atom is 0.224 e. The maximum absolute atomic E-state index is 12.0. The fraction of sp³-hybridized carbons (Fsp3) is 0.917. The van der Waals surface area contributed by atoms with Gasteiger partial charge in [-0.05, 0) is 26.2 Å². The van der Waals surface area contributed by atoms with Crippen molar-refractivity contribution in [3.63, 3.8) is 0 Å². The van der Waals surface area contributed by atoms with Crippen LogP contribution in [0.5, 0.6) is 0 Å². The van der Waals surface area contributed by atoms with Gasteiger partial charge in [-0.15, -0.1) is 0 Å². The van der Waals surface area contributed by atoms with Crippen molar-refractivity contribution in [3.05, 3.63) is 0 Å². The van der Waals surface area contributed by atoms with Crippen molar-refractivity contribution in [1.82, 2.24) is 4.90 Å². The molecule has 1 saturated heterocycles. The lowest BCUT2D eigenvalue weighted by atomic mass is 10.1. The normalized spacial score (nSPS) is 24.7. The Hall–Kier alpha value is -0.570. The molecule has 0 aromatic carbocycles. The molecule has 3 heteroatoms. The highest BCUT2D eigenvalue weighted by atomic mass is 16.2. The molecular formula is C12H24N2O. The first kappa shape index (κ1) is 12.5. The molecule has 88 valence electrons. The Morgan fingerprint density at radius 2 is 2.20 bits per heavy atom. The number of hydrogen-bond acceptors (Lipinski definition) is 2. The quantitative estimate of drug-likeness (QED) is 0.776. The van der Waals surface area contributed by atoms with E-state index in [4.69, 9.17) is 5.73 Å². The summed E-state index contributed by atoms with van der Waals surface area (Å²) in [5.41, 5.74) is 5.82. The minimum absolute atomic E-state index is 0.0351. The van der Waals surface area contributed by atoms with Gasteiger partial charge in [-0.3, -0.25) is 4.79 Å². The van der Waals surface area contributed by atoms with E-state index in [9.17, 15) is 4.79 Å². The molecule has 2 atom stereocenters. The molecule has 2 unspecified atom stereocenters. The molecule has 0 aromatic rings. The summed E-state index contributed by atoms with van der Waals surface area (Å²) >= 11 is 0. The van der Waals surface area contributed by atoms with Gasteiger partial charge in [-0.1, -0.05) is 19.8 Å². The summed E-state index contributed by atoms with van der Waals surface area (Å²) in [6.07, 6.45) is 6.21. The van der Waals surface area contributed by atoms with E-state index in [-0.39, 0.29) is 11.9 Å². The van der Waals surface area contributed by atoms with E-state index in [1.54, 1.807) is 0 Å². The fourth-order valence-electron chi connectivity index (χ4n) is 2.13. The molecule has 0 aromatic heterocycles. The largest absolute Gasteiger partial charge is 0.340 e. The summed E-state index contributed by atoms with van der Waals surface area (Å²) in [7, 11) is 0. The van der Waals surface area contributed by atoms with Gasteiger partial charge in [0.25, 0.3) is 0 Å². The van der Waals surface area contributed by atoms with Crippen LogP contribution in [-0.2, 0) is 4.79 Å². The molecule has 1 amide bonds. The number of likely N-dealkylation sites (tertiary alicyclic amines) is 1. The van der Waals surface area contributed by atoms with E-state index in [2.05, 4.69) is 6.92 Å². The van der Waals surface area contributed by atoms with E-state index >= 15 is 0 Å². The molecule has 2 N–H and O–H groups in total. The standard InChI is InChI=1S/C12H24N2O/c1-3-11(13)9-12(15)14-8-6-4-5-7-10(14)2/h10-11H,3-9,13H2,1-2H3. The van der Waals surface area contributed by atoms with Gasteiger partial charge < -0.3 is 10.6 Å². The van der Waals surface area contributed by atoms with Crippen molar-refractivity contribution in [2.75, 3.05) is 6.54 Å². The minimum Gasteiger partial charge on any atom is -0.340 e. The third-order valence-electron chi connectivity index (χ3n) is 3.33. The molecule has 1 aliphatic rings. The fourth-order valence-corrected chi connectivity index (χ4v) is 2.13. The number of rotatable bonds is 3. The molecule has 1 rings (SSSR count). The summed E-state index contributed by atoms with van der Waals surface area (Å²) in [6.45, 7) is 5.11. The average Bonchev–Trinajstić information content (AvgIpc) is 2.42. The van der Waals surface area contributed by atoms with Gasteiger partial charge in [0, 0.05) is 25.0 Å². The zero-order chi connectivity index (χ0) is 11.3. The Kier molecular flexibility index (Phi) is 5.09. The van der Waals surface area contributed by atoms with Crippen LogP contribution in [0.25, 0.3) is 0 Å². The zero-order valence-electron chi connectivity index (χ0n) is 10.0. The SMILES string of the molecule is CCC(N)CC(=O)N1CCCCCC1C. The summed E-state index contributed by atoms with van der Waals surface area (Å²) in [5, 5.41) is 0. The van der Waals surface area contributed by atoms with Gasteiger partial charge in [0.15, 0.2) is 0 Å². The van der Waals surface area contributed by atoms with E-state index in [1.807, 2.05) is 11.8 Å². The maximum atomic E-state index is 12.0. The molecule has 3 nitrogen and oxygen atoms in total. The molecule has 1 fully saturated rings. The number of carbonyl (C=O) groups is 1. The monoisotopic (exact) mass is 212 g/mol. The Morgan fingerprint density at radius 3 is 2.87 bits per heavy atom. The summed E-state index contributed by atoms with van der Waals surface area (Å²) in [5.74, 6) is 0.249. The van der Waals surface area contributed by atoms with Crippen LogP contribution in [0.15, 0.2) is 0 Å². The highest BCUT2D eigenvalue weighted by molar-refractivity contribution is 5.77. The summed E-state index contributed by atoms with van der Waals surface area (Å²) < 4.78 is 0. The zero-order valence-corrected chi connectivity index (χ0v) is 10.0. The first-order chi connectivity index (χ1) is 7.15. The Morgan fingerprint density at radius 1 is 1.47 bits per heavy atom. The third kappa shape index (κ3) is 3.82. The molecule has 0 radical (unpaired) electrons. The predicted octanol–water partition coefficient (Wildman–Crippen LogP) is 1.90. The van der Waals surface area contributed by atoms with Crippen molar-refractivity contribution in [1.29, 1.82) is 0 Å². The second kappa shape index (κ2) is 6.11. The van der Waals surface area contributed by atoms with Gasteiger partial charge >= 0.3 is 0 Å². The van der Waals surface area contributed by atoms with Gasteiger partial charge in [0.1, 0.15) is 0 Å². The first-order valence-electron chi connectivity index (χ1n) is 6.20. The Balaban J connectivity index is 2.48. The van der Waals surface area contributed by atoms with Gasteiger partial charge in [-0.2, -0.15) is 0 Å². The number of hydrogen-bond donors (Lipinski definition) is 1. The number of amides is 1. The minimum atomic E-state index is 0.0351. The van der Waals surface area contributed by atoms with Crippen LogP contribution in [0.2, 0.25) is 0 Å². The van der Waals surface area contributed by atoms with E-state index in [1.165, 1.54) is 12.8 Å². The van der Waals surface area contributed by atoms with Crippen molar-refractivity contribution in [2.45, 2.75) is 64.5 Å². The van der Waals surface area contributed by atoms with Crippen molar-refractivity contribution in [2.24, 2.45) is 5.73 Å². The van der Waals surface area contributed by atoms with Crippen LogP contribution in [-0.4, -0.2) is 29.4 Å². The van der Waals surface area contributed by atoms with Crippen LogP contribution in [0.3, 0.4) is 0 Å². The number of nitrogens with zero attached hydrogens (tertiary/aromatic N) is 1. The highest BCUT2D eigenvalue weighted by Gasteiger charge is 2.22. The molecular weight excluding hydrogens is 188 g/mol. The van der Waals surface area contributed by atoms with Crippen LogP contribution in [0.4, 0.5) is 0 Å². The second-order valence-electron chi connectivity index (χ2n) is 4.66. The molecule has 0 bridgehead atoms. The van der Waals surface area contributed by atoms with Crippen LogP contribution < -0.4 is 5.73 Å². The molecule has 1 aliphatic heterocycles. The van der Waals surface area contributed by atoms with Crippen LogP contribution in [0, 0.1) is 0 Å². The topological polar surface area (TPSA) is 46.3 Å². The smallest absolute Gasteiger partial charge is 0.224 e. The van der Waals surface area contributed by atoms with E-state index < -0.39 is 0 Å².